The first kappa shape index (κ1) is 12.4. The molecule has 1 aromatic heterocycles. The van der Waals surface area contributed by atoms with E-state index in [0.29, 0.717) is 12.2 Å². The lowest BCUT2D eigenvalue weighted by atomic mass is 10.2. The normalized spacial score (nSPS) is 10.7. The predicted molar refractivity (Wildman–Crippen MR) is 78.2 cm³/mol. The Bertz CT molecular complexity index is 733. The second kappa shape index (κ2) is 5.17. The number of phenolic OH excluding ortho intramolecular Hbond substituents is 1. The van der Waals surface area contributed by atoms with Gasteiger partial charge in [0.25, 0.3) is 0 Å². The maximum absolute atomic E-state index is 9.69. The van der Waals surface area contributed by atoms with Crippen molar-refractivity contribution in [1.29, 1.82) is 0 Å². The fourth-order valence-electron chi connectivity index (χ4n) is 2.09. The molecule has 102 valence electrons. The fourth-order valence-corrected chi connectivity index (χ4v) is 2.09. The van der Waals surface area contributed by atoms with E-state index in [9.17, 15) is 5.11 Å². The number of hydrogen-bond acceptors (Lipinski definition) is 4. The van der Waals surface area contributed by atoms with Crippen LogP contribution in [-0.4, -0.2) is 12.2 Å². The molecule has 0 bridgehead atoms. The summed E-state index contributed by atoms with van der Waals surface area (Å²) in [5.74, 6) is 1.80. The largest absolute Gasteiger partial charge is 0.506 e. The monoisotopic (exact) mass is 269 g/mol. The van der Waals surface area contributed by atoms with Crippen LogP contribution in [0, 0.1) is 0 Å². The van der Waals surface area contributed by atoms with Crippen LogP contribution in [-0.2, 0) is 6.54 Å². The van der Waals surface area contributed by atoms with E-state index in [1.54, 1.807) is 19.2 Å². The molecule has 0 aliphatic heterocycles. The SMILES string of the molecule is COc1ccc2cc(CNc3ccccc3O)oc2c1. The van der Waals surface area contributed by atoms with E-state index < -0.39 is 0 Å². The van der Waals surface area contributed by atoms with E-state index >= 15 is 0 Å². The van der Waals surface area contributed by atoms with Crippen molar-refractivity contribution < 1.29 is 14.3 Å². The summed E-state index contributed by atoms with van der Waals surface area (Å²) < 4.78 is 10.9. The van der Waals surface area contributed by atoms with E-state index in [0.717, 1.165) is 22.5 Å². The van der Waals surface area contributed by atoms with Crippen LogP contribution in [0.25, 0.3) is 11.0 Å². The highest BCUT2D eigenvalue weighted by molar-refractivity contribution is 5.79. The van der Waals surface area contributed by atoms with Gasteiger partial charge in [-0.05, 0) is 30.3 Å². The number of nitrogens with one attached hydrogen (secondary N) is 1. The number of rotatable bonds is 4. The molecule has 0 spiro atoms. The highest BCUT2D eigenvalue weighted by Crippen LogP contribution is 2.26. The van der Waals surface area contributed by atoms with Gasteiger partial charge in [-0.15, -0.1) is 0 Å². The van der Waals surface area contributed by atoms with Crippen molar-refractivity contribution in [2.24, 2.45) is 0 Å². The van der Waals surface area contributed by atoms with Gasteiger partial charge < -0.3 is 19.6 Å². The molecule has 0 saturated heterocycles. The van der Waals surface area contributed by atoms with Gasteiger partial charge in [0.05, 0.1) is 19.3 Å². The van der Waals surface area contributed by atoms with Crippen LogP contribution in [0.4, 0.5) is 5.69 Å². The molecule has 3 aromatic rings. The smallest absolute Gasteiger partial charge is 0.138 e. The maximum atomic E-state index is 9.69. The average Bonchev–Trinajstić information content (AvgIpc) is 2.88. The number of hydrogen-bond donors (Lipinski definition) is 2. The van der Waals surface area contributed by atoms with E-state index in [-0.39, 0.29) is 5.75 Å². The van der Waals surface area contributed by atoms with Crippen LogP contribution < -0.4 is 10.1 Å². The minimum absolute atomic E-state index is 0.227. The van der Waals surface area contributed by atoms with Gasteiger partial charge in [-0.25, -0.2) is 0 Å². The highest BCUT2D eigenvalue weighted by atomic mass is 16.5. The first-order valence-electron chi connectivity index (χ1n) is 6.34. The predicted octanol–water partition coefficient (Wildman–Crippen LogP) is 3.76. The Morgan fingerprint density at radius 2 is 2.00 bits per heavy atom. The number of benzene rings is 2. The second-order valence-corrected chi connectivity index (χ2v) is 4.49. The molecular formula is C16H15NO3. The molecule has 0 aliphatic carbocycles. The van der Waals surface area contributed by atoms with Crippen LogP contribution in [0.3, 0.4) is 0 Å². The van der Waals surface area contributed by atoms with Gasteiger partial charge >= 0.3 is 0 Å². The van der Waals surface area contributed by atoms with Gasteiger partial charge in [-0.1, -0.05) is 12.1 Å². The molecule has 0 saturated carbocycles. The lowest BCUT2D eigenvalue weighted by Crippen LogP contribution is -1.97. The maximum Gasteiger partial charge on any atom is 0.138 e. The minimum Gasteiger partial charge on any atom is -0.506 e. The Hall–Kier alpha value is -2.62. The van der Waals surface area contributed by atoms with Gasteiger partial charge in [-0.2, -0.15) is 0 Å². The van der Waals surface area contributed by atoms with Crippen molar-refractivity contribution in [3.8, 4) is 11.5 Å². The summed E-state index contributed by atoms with van der Waals surface area (Å²) in [4.78, 5) is 0. The molecule has 0 unspecified atom stereocenters. The van der Waals surface area contributed by atoms with E-state index in [2.05, 4.69) is 5.32 Å². The third kappa shape index (κ3) is 2.40. The molecular weight excluding hydrogens is 254 g/mol. The molecule has 0 aliphatic rings. The second-order valence-electron chi connectivity index (χ2n) is 4.49. The number of anilines is 1. The van der Waals surface area contributed by atoms with Gasteiger partial charge in [0.1, 0.15) is 22.8 Å². The Morgan fingerprint density at radius 3 is 2.80 bits per heavy atom. The summed E-state index contributed by atoms with van der Waals surface area (Å²) in [6.07, 6.45) is 0. The number of furan rings is 1. The number of phenols is 1. The molecule has 2 N–H and O–H groups in total. The fraction of sp³-hybridized carbons (Fsp3) is 0.125. The van der Waals surface area contributed by atoms with Crippen molar-refractivity contribution in [3.63, 3.8) is 0 Å². The third-order valence-corrected chi connectivity index (χ3v) is 3.14. The summed E-state index contributed by atoms with van der Waals surface area (Å²) in [6.45, 7) is 0.509. The molecule has 1 heterocycles. The summed E-state index contributed by atoms with van der Waals surface area (Å²) in [5, 5.41) is 13.9. The van der Waals surface area contributed by atoms with E-state index in [1.165, 1.54) is 0 Å². The summed E-state index contributed by atoms with van der Waals surface area (Å²) in [7, 11) is 1.63. The molecule has 2 aromatic carbocycles. The number of fused-ring (bicyclic) bond motifs is 1. The van der Waals surface area contributed by atoms with Crippen LogP contribution in [0.2, 0.25) is 0 Å². The van der Waals surface area contributed by atoms with Crippen molar-refractivity contribution in [2.75, 3.05) is 12.4 Å². The molecule has 4 nitrogen and oxygen atoms in total. The molecule has 0 amide bonds. The summed E-state index contributed by atoms with van der Waals surface area (Å²) in [5.41, 5.74) is 1.48. The molecule has 4 heteroatoms. The molecule has 0 atom stereocenters. The van der Waals surface area contributed by atoms with E-state index in [4.69, 9.17) is 9.15 Å². The van der Waals surface area contributed by atoms with Crippen molar-refractivity contribution in [1.82, 2.24) is 0 Å². The van der Waals surface area contributed by atoms with Crippen LogP contribution in [0.5, 0.6) is 11.5 Å². The molecule has 20 heavy (non-hydrogen) atoms. The standard InChI is InChI=1S/C16H15NO3/c1-19-12-7-6-11-8-13(20-16(11)9-12)10-17-14-4-2-3-5-15(14)18/h2-9,17-18H,10H2,1H3. The Labute approximate surface area is 116 Å². The molecule has 3 rings (SSSR count). The minimum atomic E-state index is 0.227. The number of para-hydroxylation sites is 2. The highest BCUT2D eigenvalue weighted by Gasteiger charge is 2.06. The van der Waals surface area contributed by atoms with Crippen molar-refractivity contribution >= 4 is 16.7 Å². The van der Waals surface area contributed by atoms with Crippen LogP contribution >= 0.6 is 0 Å². The van der Waals surface area contributed by atoms with Crippen LogP contribution in [0.15, 0.2) is 52.9 Å². The van der Waals surface area contributed by atoms with Gasteiger partial charge in [0.15, 0.2) is 0 Å². The number of aromatic hydroxyl groups is 1. The van der Waals surface area contributed by atoms with Gasteiger partial charge in [0.2, 0.25) is 0 Å². The Balaban J connectivity index is 1.79. The van der Waals surface area contributed by atoms with Crippen LogP contribution in [0.1, 0.15) is 5.76 Å². The zero-order valence-corrected chi connectivity index (χ0v) is 11.1. The van der Waals surface area contributed by atoms with E-state index in [1.807, 2.05) is 36.4 Å². The van der Waals surface area contributed by atoms with Crippen molar-refractivity contribution in [3.05, 3.63) is 54.3 Å². The lowest BCUT2D eigenvalue weighted by molar-refractivity contribution is 0.414. The van der Waals surface area contributed by atoms with Crippen molar-refractivity contribution in [2.45, 2.75) is 6.54 Å². The third-order valence-electron chi connectivity index (χ3n) is 3.14. The summed E-state index contributed by atoms with van der Waals surface area (Å²) >= 11 is 0. The Kier molecular flexibility index (Phi) is 3.21. The summed E-state index contributed by atoms with van der Waals surface area (Å²) in [6, 6.07) is 14.8. The lowest BCUT2D eigenvalue weighted by Gasteiger charge is -2.05. The van der Waals surface area contributed by atoms with Gasteiger partial charge in [0, 0.05) is 11.5 Å². The molecule has 0 fully saturated rings. The zero-order chi connectivity index (χ0) is 13.9. The number of ether oxygens (including phenoxy) is 1. The average molecular weight is 269 g/mol. The first-order chi connectivity index (χ1) is 9.76. The van der Waals surface area contributed by atoms with Gasteiger partial charge in [-0.3, -0.25) is 0 Å². The molecule has 0 radical (unpaired) electrons. The quantitative estimate of drug-likeness (QED) is 0.708. The zero-order valence-electron chi connectivity index (χ0n) is 11.1. The first-order valence-corrected chi connectivity index (χ1v) is 6.34. The number of methoxy groups -OCH3 is 1. The topological polar surface area (TPSA) is 54.6 Å². The Morgan fingerprint density at radius 1 is 1.15 bits per heavy atom.